The van der Waals surface area contributed by atoms with Crippen LogP contribution in [0.3, 0.4) is 0 Å². The van der Waals surface area contributed by atoms with Gasteiger partial charge in [-0.3, -0.25) is 4.99 Å². The first-order valence-electron chi connectivity index (χ1n) is 7.41. The molecule has 0 saturated carbocycles. The summed E-state index contributed by atoms with van der Waals surface area (Å²) in [6, 6.07) is 10.1. The van der Waals surface area contributed by atoms with Crippen LogP contribution in [0.4, 0.5) is 0 Å². The van der Waals surface area contributed by atoms with Gasteiger partial charge >= 0.3 is 0 Å². The summed E-state index contributed by atoms with van der Waals surface area (Å²) in [6.07, 6.45) is 0.123. The molecule has 0 radical (unpaired) electrons. The molecule has 1 aromatic carbocycles. The van der Waals surface area contributed by atoms with Gasteiger partial charge in [0.15, 0.2) is 5.96 Å². The van der Waals surface area contributed by atoms with Crippen LogP contribution in [0.1, 0.15) is 19.4 Å². The number of hydrogen-bond acceptors (Lipinski definition) is 3. The smallest absolute Gasteiger partial charge is 0.191 e. The van der Waals surface area contributed by atoms with Crippen molar-refractivity contribution >= 4 is 29.9 Å². The van der Waals surface area contributed by atoms with E-state index in [0.717, 1.165) is 12.1 Å². The van der Waals surface area contributed by atoms with Crippen molar-refractivity contribution in [3.63, 3.8) is 0 Å². The lowest BCUT2D eigenvalue weighted by Gasteiger charge is -2.17. The van der Waals surface area contributed by atoms with E-state index >= 15 is 0 Å². The number of hydrogen-bond donors (Lipinski definition) is 3. The summed E-state index contributed by atoms with van der Waals surface area (Å²) >= 11 is 0. The second-order valence-electron chi connectivity index (χ2n) is 5.06. The molecule has 0 aliphatic heterocycles. The number of guanidine groups is 1. The third kappa shape index (κ3) is 9.22. The number of aliphatic hydroxyl groups is 1. The first-order valence-corrected chi connectivity index (χ1v) is 7.41. The van der Waals surface area contributed by atoms with Crippen molar-refractivity contribution in [1.82, 2.24) is 10.6 Å². The molecule has 0 aliphatic rings. The molecule has 6 heteroatoms. The Balaban J connectivity index is 0.00000441. The van der Waals surface area contributed by atoms with Gasteiger partial charge in [-0.2, -0.15) is 0 Å². The molecule has 0 heterocycles. The van der Waals surface area contributed by atoms with Crippen molar-refractivity contribution in [3.8, 4) is 0 Å². The van der Waals surface area contributed by atoms with Gasteiger partial charge in [0.2, 0.25) is 0 Å². The van der Waals surface area contributed by atoms with Gasteiger partial charge < -0.3 is 20.5 Å². The molecule has 1 aromatic rings. The predicted molar refractivity (Wildman–Crippen MR) is 102 cm³/mol. The topological polar surface area (TPSA) is 65.9 Å². The van der Waals surface area contributed by atoms with Gasteiger partial charge in [-0.15, -0.1) is 24.0 Å². The van der Waals surface area contributed by atoms with Crippen LogP contribution in [0.25, 0.3) is 0 Å². The van der Waals surface area contributed by atoms with E-state index in [9.17, 15) is 5.11 Å². The molecule has 0 aliphatic carbocycles. The molecule has 5 nitrogen and oxygen atoms in total. The van der Waals surface area contributed by atoms with Crippen LogP contribution in [-0.2, 0) is 11.2 Å². The lowest BCUT2D eigenvalue weighted by Crippen LogP contribution is -2.44. The highest BCUT2D eigenvalue weighted by atomic mass is 127. The zero-order chi connectivity index (χ0) is 15.5. The fourth-order valence-corrected chi connectivity index (χ4v) is 1.99. The van der Waals surface area contributed by atoms with E-state index in [0.29, 0.717) is 25.5 Å². The second kappa shape index (κ2) is 12.7. The first-order chi connectivity index (χ1) is 10.2. The summed E-state index contributed by atoms with van der Waals surface area (Å²) in [5.74, 6) is 0.703. The third-order valence-corrected chi connectivity index (χ3v) is 2.92. The zero-order valence-corrected chi connectivity index (χ0v) is 15.9. The van der Waals surface area contributed by atoms with E-state index < -0.39 is 6.10 Å². The number of halogens is 1. The monoisotopic (exact) mass is 421 g/mol. The van der Waals surface area contributed by atoms with Crippen molar-refractivity contribution < 1.29 is 9.84 Å². The van der Waals surface area contributed by atoms with Crippen LogP contribution >= 0.6 is 24.0 Å². The molecule has 0 bridgehead atoms. The Hall–Kier alpha value is -0.860. The van der Waals surface area contributed by atoms with Crippen LogP contribution < -0.4 is 10.6 Å². The third-order valence-electron chi connectivity index (χ3n) is 2.92. The summed E-state index contributed by atoms with van der Waals surface area (Å²) in [5.41, 5.74) is 1.12. The van der Waals surface area contributed by atoms with Gasteiger partial charge in [-0.05, 0) is 19.4 Å². The van der Waals surface area contributed by atoms with Gasteiger partial charge in [0, 0.05) is 26.1 Å². The van der Waals surface area contributed by atoms with Gasteiger partial charge in [-0.25, -0.2) is 0 Å². The van der Waals surface area contributed by atoms with E-state index in [4.69, 9.17) is 4.74 Å². The number of rotatable bonds is 8. The standard InChI is InChI=1S/C16H27N3O2.HI/c1-4-17-16(19-13(2)12-21-3)18-11-15(20)10-14-8-6-5-7-9-14;/h5-9,13,15,20H,4,10-12H2,1-3H3,(H2,17,18,19);1H. The number of nitrogens with zero attached hydrogens (tertiary/aromatic N) is 1. The molecule has 0 aromatic heterocycles. The van der Waals surface area contributed by atoms with E-state index in [1.165, 1.54) is 0 Å². The molecule has 2 atom stereocenters. The average Bonchev–Trinajstić information content (AvgIpc) is 2.46. The van der Waals surface area contributed by atoms with E-state index in [1.807, 2.05) is 44.2 Å². The SMILES string of the molecule is CCNC(=NCC(O)Cc1ccccc1)NC(C)COC.I. The lowest BCUT2D eigenvalue weighted by atomic mass is 10.1. The molecular weight excluding hydrogens is 393 g/mol. The van der Waals surface area contributed by atoms with E-state index in [2.05, 4.69) is 15.6 Å². The van der Waals surface area contributed by atoms with Crippen LogP contribution in [-0.4, -0.2) is 50.0 Å². The number of methoxy groups -OCH3 is 1. The molecule has 1 rings (SSSR count). The van der Waals surface area contributed by atoms with Crippen molar-refractivity contribution in [2.75, 3.05) is 26.8 Å². The molecule has 3 N–H and O–H groups in total. The van der Waals surface area contributed by atoms with Crippen molar-refractivity contribution in [3.05, 3.63) is 35.9 Å². The molecular formula is C16H28IN3O2. The molecule has 0 amide bonds. The van der Waals surface area contributed by atoms with E-state index in [-0.39, 0.29) is 30.0 Å². The second-order valence-corrected chi connectivity index (χ2v) is 5.06. The maximum Gasteiger partial charge on any atom is 0.191 e. The maximum atomic E-state index is 10.1. The molecule has 2 unspecified atom stereocenters. The van der Waals surface area contributed by atoms with E-state index in [1.54, 1.807) is 7.11 Å². The minimum absolute atomic E-state index is 0. The van der Waals surface area contributed by atoms with Gasteiger partial charge in [0.25, 0.3) is 0 Å². The zero-order valence-electron chi connectivity index (χ0n) is 13.6. The van der Waals surface area contributed by atoms with Gasteiger partial charge in [-0.1, -0.05) is 30.3 Å². The fourth-order valence-electron chi connectivity index (χ4n) is 1.99. The summed E-state index contributed by atoms with van der Waals surface area (Å²) in [6.45, 7) is 5.79. The van der Waals surface area contributed by atoms with Crippen LogP contribution in [0, 0.1) is 0 Å². The van der Waals surface area contributed by atoms with Crippen LogP contribution in [0.15, 0.2) is 35.3 Å². The predicted octanol–water partition coefficient (Wildman–Crippen LogP) is 1.80. The Bertz CT molecular complexity index is 415. The largest absolute Gasteiger partial charge is 0.391 e. The molecule has 126 valence electrons. The number of aliphatic imine (C=N–C) groups is 1. The Morgan fingerprint density at radius 2 is 2.00 bits per heavy atom. The number of benzene rings is 1. The minimum Gasteiger partial charge on any atom is -0.391 e. The normalized spacial score (nSPS) is 13.9. The van der Waals surface area contributed by atoms with Crippen molar-refractivity contribution in [1.29, 1.82) is 0 Å². The highest BCUT2D eigenvalue weighted by Gasteiger charge is 2.07. The minimum atomic E-state index is -0.486. The van der Waals surface area contributed by atoms with Crippen molar-refractivity contribution in [2.45, 2.75) is 32.4 Å². The Morgan fingerprint density at radius 3 is 2.59 bits per heavy atom. The highest BCUT2D eigenvalue weighted by molar-refractivity contribution is 14.0. The molecule has 22 heavy (non-hydrogen) atoms. The first kappa shape index (κ1) is 21.1. The van der Waals surface area contributed by atoms with Crippen LogP contribution in [0.5, 0.6) is 0 Å². The molecule has 0 spiro atoms. The quantitative estimate of drug-likeness (QED) is 0.340. The number of ether oxygens (including phenoxy) is 1. The Kier molecular flexibility index (Phi) is 12.2. The Labute approximate surface area is 150 Å². The fraction of sp³-hybridized carbons (Fsp3) is 0.562. The average molecular weight is 421 g/mol. The summed E-state index contributed by atoms with van der Waals surface area (Å²) < 4.78 is 5.09. The number of aliphatic hydroxyl groups excluding tert-OH is 1. The number of nitrogens with one attached hydrogen (secondary N) is 2. The molecule has 0 fully saturated rings. The lowest BCUT2D eigenvalue weighted by molar-refractivity contribution is 0.177. The van der Waals surface area contributed by atoms with Gasteiger partial charge in [0.1, 0.15) is 0 Å². The summed E-state index contributed by atoms with van der Waals surface area (Å²) in [5, 5.41) is 16.5. The highest BCUT2D eigenvalue weighted by Crippen LogP contribution is 2.03. The summed E-state index contributed by atoms with van der Waals surface area (Å²) in [7, 11) is 1.67. The van der Waals surface area contributed by atoms with Gasteiger partial charge in [0.05, 0.1) is 19.3 Å². The Morgan fingerprint density at radius 1 is 1.32 bits per heavy atom. The van der Waals surface area contributed by atoms with Crippen molar-refractivity contribution in [2.24, 2.45) is 4.99 Å². The molecule has 0 saturated heterocycles. The maximum absolute atomic E-state index is 10.1. The van der Waals surface area contributed by atoms with Crippen LogP contribution in [0.2, 0.25) is 0 Å². The summed E-state index contributed by atoms with van der Waals surface area (Å²) in [4.78, 5) is 4.42.